The second-order valence-electron chi connectivity index (χ2n) is 3.98. The Morgan fingerprint density at radius 2 is 2.22 bits per heavy atom. The van der Waals surface area contributed by atoms with Crippen LogP contribution in [0.5, 0.6) is 0 Å². The molecule has 6 heteroatoms. The number of hydrogen-bond donors (Lipinski definition) is 0. The van der Waals surface area contributed by atoms with Crippen LogP contribution in [0.4, 0.5) is 4.39 Å². The molecule has 0 saturated heterocycles. The molecule has 1 unspecified atom stereocenters. The van der Waals surface area contributed by atoms with Gasteiger partial charge in [0.05, 0.1) is 13.0 Å². The molecule has 0 bridgehead atoms. The molecular formula is C12H15FN2O3. The van der Waals surface area contributed by atoms with Gasteiger partial charge in [0.2, 0.25) is 5.95 Å². The SMILES string of the molecule is COC(=O)C(C)CN(C)C(=O)c1ccnc(F)c1. The van der Waals surface area contributed by atoms with Crippen LogP contribution in [0.3, 0.4) is 0 Å². The number of carbonyl (C=O) groups is 2. The third-order valence-electron chi connectivity index (χ3n) is 2.47. The Bertz CT molecular complexity index is 451. The minimum Gasteiger partial charge on any atom is -0.469 e. The summed E-state index contributed by atoms with van der Waals surface area (Å²) in [7, 11) is 2.83. The second kappa shape index (κ2) is 6.09. The van der Waals surface area contributed by atoms with Gasteiger partial charge in [0.1, 0.15) is 0 Å². The Labute approximate surface area is 105 Å². The number of hydrogen-bond acceptors (Lipinski definition) is 4. The summed E-state index contributed by atoms with van der Waals surface area (Å²) in [5, 5.41) is 0. The van der Waals surface area contributed by atoms with Gasteiger partial charge in [-0.3, -0.25) is 9.59 Å². The summed E-state index contributed by atoms with van der Waals surface area (Å²) in [6.07, 6.45) is 1.22. The molecule has 0 aliphatic heterocycles. The molecule has 0 aliphatic rings. The number of methoxy groups -OCH3 is 1. The Morgan fingerprint density at radius 3 is 2.78 bits per heavy atom. The van der Waals surface area contributed by atoms with E-state index in [0.29, 0.717) is 0 Å². The normalized spacial score (nSPS) is 11.8. The number of aromatic nitrogens is 1. The van der Waals surface area contributed by atoms with E-state index in [1.54, 1.807) is 14.0 Å². The fraction of sp³-hybridized carbons (Fsp3) is 0.417. The van der Waals surface area contributed by atoms with E-state index >= 15 is 0 Å². The number of ether oxygens (including phenoxy) is 1. The van der Waals surface area contributed by atoms with E-state index in [9.17, 15) is 14.0 Å². The molecule has 1 heterocycles. The number of nitrogens with zero attached hydrogens (tertiary/aromatic N) is 2. The van der Waals surface area contributed by atoms with Crippen molar-refractivity contribution in [2.24, 2.45) is 5.92 Å². The van der Waals surface area contributed by atoms with Crippen molar-refractivity contribution < 1.29 is 18.7 Å². The standard InChI is InChI=1S/C12H15FN2O3/c1-8(12(17)18-3)7-15(2)11(16)9-4-5-14-10(13)6-9/h4-6,8H,7H2,1-3H3. The second-order valence-corrected chi connectivity index (χ2v) is 3.98. The molecule has 0 N–H and O–H groups in total. The van der Waals surface area contributed by atoms with Gasteiger partial charge >= 0.3 is 5.97 Å². The van der Waals surface area contributed by atoms with E-state index in [1.165, 1.54) is 24.3 Å². The molecule has 1 atom stereocenters. The molecule has 98 valence electrons. The highest BCUT2D eigenvalue weighted by Gasteiger charge is 2.19. The molecule has 0 fully saturated rings. The van der Waals surface area contributed by atoms with Crippen LogP contribution in [-0.2, 0) is 9.53 Å². The van der Waals surface area contributed by atoms with Crippen molar-refractivity contribution in [2.75, 3.05) is 20.7 Å². The van der Waals surface area contributed by atoms with E-state index in [4.69, 9.17) is 0 Å². The van der Waals surface area contributed by atoms with Gasteiger partial charge < -0.3 is 9.64 Å². The zero-order chi connectivity index (χ0) is 13.7. The molecule has 1 amide bonds. The minimum atomic E-state index is -0.713. The molecular weight excluding hydrogens is 239 g/mol. The number of pyridine rings is 1. The first-order valence-corrected chi connectivity index (χ1v) is 5.40. The van der Waals surface area contributed by atoms with Crippen LogP contribution < -0.4 is 0 Å². The fourth-order valence-corrected chi connectivity index (χ4v) is 1.53. The number of halogens is 1. The van der Waals surface area contributed by atoms with Crippen LogP contribution in [0.15, 0.2) is 18.3 Å². The van der Waals surface area contributed by atoms with Crippen molar-refractivity contribution in [3.8, 4) is 0 Å². The number of amides is 1. The van der Waals surface area contributed by atoms with Crippen molar-refractivity contribution in [1.29, 1.82) is 0 Å². The Balaban J connectivity index is 2.70. The smallest absolute Gasteiger partial charge is 0.310 e. The molecule has 0 aromatic carbocycles. The molecule has 1 rings (SSSR count). The Hall–Kier alpha value is -1.98. The maximum Gasteiger partial charge on any atom is 0.310 e. The van der Waals surface area contributed by atoms with Crippen LogP contribution in [-0.4, -0.2) is 42.5 Å². The van der Waals surface area contributed by atoms with Crippen LogP contribution in [0, 0.1) is 11.9 Å². The summed E-state index contributed by atoms with van der Waals surface area (Å²) < 4.78 is 17.5. The van der Waals surface area contributed by atoms with Gasteiger partial charge in [-0.25, -0.2) is 4.98 Å². The number of carbonyl (C=O) groups excluding carboxylic acids is 2. The number of rotatable bonds is 4. The summed E-state index contributed by atoms with van der Waals surface area (Å²) in [4.78, 5) is 27.9. The van der Waals surface area contributed by atoms with Gasteiger partial charge in [-0.15, -0.1) is 0 Å². The zero-order valence-corrected chi connectivity index (χ0v) is 10.5. The molecule has 0 saturated carbocycles. The van der Waals surface area contributed by atoms with Crippen molar-refractivity contribution in [3.63, 3.8) is 0 Å². The molecule has 18 heavy (non-hydrogen) atoms. The fourth-order valence-electron chi connectivity index (χ4n) is 1.53. The summed E-state index contributed by atoms with van der Waals surface area (Å²) in [5.41, 5.74) is 0.196. The first-order chi connectivity index (χ1) is 8.45. The molecule has 1 aromatic heterocycles. The summed E-state index contributed by atoms with van der Waals surface area (Å²) >= 11 is 0. The van der Waals surface area contributed by atoms with Crippen molar-refractivity contribution in [1.82, 2.24) is 9.88 Å². The van der Waals surface area contributed by atoms with E-state index < -0.39 is 17.8 Å². The van der Waals surface area contributed by atoms with Gasteiger partial charge in [-0.05, 0) is 6.07 Å². The van der Waals surface area contributed by atoms with Gasteiger partial charge in [-0.1, -0.05) is 6.92 Å². The molecule has 1 aromatic rings. The van der Waals surface area contributed by atoms with E-state index in [0.717, 1.165) is 6.07 Å². The van der Waals surface area contributed by atoms with E-state index in [-0.39, 0.29) is 18.0 Å². The quantitative estimate of drug-likeness (QED) is 0.596. The van der Waals surface area contributed by atoms with Gasteiger partial charge in [0, 0.05) is 31.4 Å². The lowest BCUT2D eigenvalue weighted by molar-refractivity contribution is -0.145. The van der Waals surface area contributed by atoms with Crippen LogP contribution >= 0.6 is 0 Å². The first-order valence-electron chi connectivity index (χ1n) is 5.40. The average molecular weight is 254 g/mol. The minimum absolute atomic E-state index is 0.196. The molecule has 0 radical (unpaired) electrons. The molecule has 0 aliphatic carbocycles. The van der Waals surface area contributed by atoms with Crippen molar-refractivity contribution >= 4 is 11.9 Å². The van der Waals surface area contributed by atoms with Crippen molar-refractivity contribution in [3.05, 3.63) is 29.8 Å². The monoisotopic (exact) mass is 254 g/mol. The predicted octanol–water partition coefficient (Wildman–Crippen LogP) is 1.10. The molecule has 0 spiro atoms. The lowest BCUT2D eigenvalue weighted by atomic mass is 10.1. The maximum atomic E-state index is 12.9. The molecule has 5 nitrogen and oxygen atoms in total. The Morgan fingerprint density at radius 1 is 1.56 bits per heavy atom. The highest BCUT2D eigenvalue weighted by atomic mass is 19.1. The highest BCUT2D eigenvalue weighted by Crippen LogP contribution is 2.07. The predicted molar refractivity (Wildman–Crippen MR) is 62.3 cm³/mol. The third-order valence-corrected chi connectivity index (χ3v) is 2.47. The Kier molecular flexibility index (Phi) is 4.76. The maximum absolute atomic E-state index is 12.9. The van der Waals surface area contributed by atoms with Gasteiger partial charge in [0.15, 0.2) is 0 Å². The summed E-state index contributed by atoms with van der Waals surface area (Å²) in [6, 6.07) is 2.48. The average Bonchev–Trinajstić information content (AvgIpc) is 2.36. The van der Waals surface area contributed by atoms with E-state index in [1.807, 2.05) is 0 Å². The lowest BCUT2D eigenvalue weighted by Gasteiger charge is -2.20. The van der Waals surface area contributed by atoms with Crippen LogP contribution in [0.1, 0.15) is 17.3 Å². The van der Waals surface area contributed by atoms with Gasteiger partial charge in [-0.2, -0.15) is 4.39 Å². The highest BCUT2D eigenvalue weighted by molar-refractivity contribution is 5.94. The largest absolute Gasteiger partial charge is 0.469 e. The first kappa shape index (κ1) is 14.1. The van der Waals surface area contributed by atoms with Crippen LogP contribution in [0.25, 0.3) is 0 Å². The zero-order valence-electron chi connectivity index (χ0n) is 10.5. The third kappa shape index (κ3) is 3.51. The topological polar surface area (TPSA) is 59.5 Å². The van der Waals surface area contributed by atoms with E-state index in [2.05, 4.69) is 9.72 Å². The van der Waals surface area contributed by atoms with Crippen LogP contribution in [0.2, 0.25) is 0 Å². The lowest BCUT2D eigenvalue weighted by Crippen LogP contribution is -2.34. The number of esters is 1. The summed E-state index contributed by atoms with van der Waals surface area (Å²) in [6.45, 7) is 1.86. The summed E-state index contributed by atoms with van der Waals surface area (Å²) in [5.74, 6) is -1.91. The van der Waals surface area contributed by atoms with Gasteiger partial charge in [0.25, 0.3) is 5.91 Å². The van der Waals surface area contributed by atoms with Crippen molar-refractivity contribution in [2.45, 2.75) is 6.92 Å².